The van der Waals surface area contributed by atoms with Gasteiger partial charge in [-0.15, -0.1) is 4.36 Å². The molecule has 3 aliphatic carbocycles. The largest absolute Gasteiger partial charge is 0.491 e. The highest BCUT2D eigenvalue weighted by atomic mass is 35.5. The Morgan fingerprint density at radius 1 is 1.19 bits per heavy atom. The van der Waals surface area contributed by atoms with Gasteiger partial charge in [0, 0.05) is 49.4 Å². The van der Waals surface area contributed by atoms with E-state index < -0.39 is 21.9 Å². The van der Waals surface area contributed by atoms with E-state index in [1.165, 1.54) is 11.1 Å². The number of carbonyl (C=O) groups is 2. The molecule has 2 aromatic carbocycles. The quantitative estimate of drug-likeness (QED) is 0.375. The number of halogens is 1. The molecular weight excluding hydrogens is 640 g/mol. The molecule has 0 saturated heterocycles. The van der Waals surface area contributed by atoms with E-state index in [0.717, 1.165) is 49.9 Å². The molecule has 3 N–H and O–H groups in total. The van der Waals surface area contributed by atoms with Gasteiger partial charge in [-0.05, 0) is 110 Å². The number of allylic oxidation sites excluding steroid dienone is 1. The van der Waals surface area contributed by atoms with Crippen molar-refractivity contribution in [1.82, 2.24) is 10.0 Å². The van der Waals surface area contributed by atoms with Crippen molar-refractivity contribution in [3.8, 4) is 5.75 Å². The molecule has 0 radical (unpaired) electrons. The molecule has 0 spiro atoms. The highest BCUT2D eigenvalue weighted by molar-refractivity contribution is 7.92. The van der Waals surface area contributed by atoms with Crippen LogP contribution >= 0.6 is 11.6 Å². The third-order valence-corrected chi connectivity index (χ3v) is 12.6. The predicted molar refractivity (Wildman–Crippen MR) is 181 cm³/mol. The van der Waals surface area contributed by atoms with Crippen LogP contribution in [0.2, 0.25) is 5.02 Å². The lowest BCUT2D eigenvalue weighted by Crippen LogP contribution is -2.48. The Bertz CT molecular complexity index is 1710. The Labute approximate surface area is 281 Å². The summed E-state index contributed by atoms with van der Waals surface area (Å²) in [7, 11) is -1.80. The van der Waals surface area contributed by atoms with Crippen molar-refractivity contribution in [2.24, 2.45) is 28.0 Å². The summed E-state index contributed by atoms with van der Waals surface area (Å²) in [6, 6.07) is 10.5. The van der Waals surface area contributed by atoms with Crippen LogP contribution in [-0.4, -0.2) is 66.0 Å². The maximum atomic E-state index is 14.5. The van der Waals surface area contributed by atoms with E-state index in [2.05, 4.69) is 37.5 Å². The zero-order valence-electron chi connectivity index (χ0n) is 26.7. The number of aliphatic hydroxyl groups excluding tert-OH is 1. The van der Waals surface area contributed by atoms with Crippen LogP contribution in [0.15, 0.2) is 52.4 Å². The average molecular weight is 683 g/mol. The number of carbonyl (C=O) groups excluding carboxylic acids is 2. The van der Waals surface area contributed by atoms with Crippen LogP contribution in [0.5, 0.6) is 5.75 Å². The maximum absolute atomic E-state index is 14.5. The van der Waals surface area contributed by atoms with E-state index in [-0.39, 0.29) is 47.8 Å². The number of aryl methyl sites for hydroxylation is 1. The topological polar surface area (TPSA) is 130 Å². The highest BCUT2D eigenvalue weighted by Crippen LogP contribution is 2.47. The van der Waals surface area contributed by atoms with Crippen LogP contribution in [0.4, 0.5) is 10.5 Å². The fourth-order valence-corrected chi connectivity index (χ4v) is 9.57. The Morgan fingerprint density at radius 2 is 2.06 bits per heavy atom. The second-order valence-corrected chi connectivity index (χ2v) is 16.1. The summed E-state index contributed by atoms with van der Waals surface area (Å²) < 4.78 is 33.8. The van der Waals surface area contributed by atoms with Gasteiger partial charge >= 0.3 is 6.03 Å². The van der Waals surface area contributed by atoms with Gasteiger partial charge < -0.3 is 24.8 Å². The van der Waals surface area contributed by atoms with Crippen molar-refractivity contribution in [3.05, 3.63) is 69.8 Å². The zero-order chi connectivity index (χ0) is 32.7. The summed E-state index contributed by atoms with van der Waals surface area (Å²) in [5.41, 5.74) is 4.53. The fourth-order valence-electron chi connectivity index (χ4n) is 7.58. The molecule has 1 unspecified atom stereocenters. The molecule has 2 aliphatic heterocycles. The number of nitrogens with zero attached hydrogens (tertiary/aromatic N) is 2. The van der Waals surface area contributed by atoms with Crippen LogP contribution < -0.4 is 19.7 Å². The Hall–Kier alpha value is -3.12. The van der Waals surface area contributed by atoms with Crippen LogP contribution in [0.3, 0.4) is 0 Å². The summed E-state index contributed by atoms with van der Waals surface area (Å²) in [6.45, 7) is 1.87. The van der Waals surface area contributed by atoms with Crippen molar-refractivity contribution in [3.63, 3.8) is 0 Å². The second kappa shape index (κ2) is 13.4. The lowest BCUT2D eigenvalue weighted by molar-refractivity contribution is -0.00132. The number of fused-ring (bicyclic) bond motifs is 4. The predicted octanol–water partition coefficient (Wildman–Crippen LogP) is 5.27. The minimum Gasteiger partial charge on any atom is -0.491 e. The summed E-state index contributed by atoms with van der Waals surface area (Å²) >= 11 is 6.44. The van der Waals surface area contributed by atoms with Crippen LogP contribution in [0.1, 0.15) is 60.0 Å². The van der Waals surface area contributed by atoms with E-state index in [1.54, 1.807) is 19.2 Å². The van der Waals surface area contributed by atoms with Crippen LogP contribution in [-0.2, 0) is 27.6 Å². The molecule has 7 rings (SSSR count). The smallest absolute Gasteiger partial charge is 0.327 e. The molecule has 2 saturated carbocycles. The van der Waals surface area contributed by atoms with Gasteiger partial charge in [-0.3, -0.25) is 9.52 Å². The summed E-state index contributed by atoms with van der Waals surface area (Å²) in [5.74, 6) is 0.482. The van der Waals surface area contributed by atoms with E-state index in [0.29, 0.717) is 42.7 Å². The molecule has 2 aromatic rings. The van der Waals surface area contributed by atoms with Crippen molar-refractivity contribution in [1.29, 1.82) is 0 Å². The third-order valence-electron chi connectivity index (χ3n) is 10.6. The van der Waals surface area contributed by atoms with Crippen molar-refractivity contribution < 1.29 is 28.4 Å². The van der Waals surface area contributed by atoms with E-state index in [4.69, 9.17) is 21.1 Å². The Kier molecular flexibility index (Phi) is 9.25. The molecule has 2 fully saturated rings. The third kappa shape index (κ3) is 6.90. The van der Waals surface area contributed by atoms with Gasteiger partial charge in [-0.25, -0.2) is 9.00 Å². The number of rotatable bonds is 4. The molecule has 0 aromatic heterocycles. The van der Waals surface area contributed by atoms with E-state index >= 15 is 0 Å². The van der Waals surface area contributed by atoms with Crippen molar-refractivity contribution >= 4 is 39.1 Å². The van der Waals surface area contributed by atoms with Crippen LogP contribution in [0, 0.1) is 23.7 Å². The molecule has 3 amide bonds. The van der Waals surface area contributed by atoms with Gasteiger partial charge in [0.15, 0.2) is 0 Å². The van der Waals surface area contributed by atoms with E-state index in [9.17, 15) is 18.9 Å². The molecular formula is C35H43ClN4O6S. The van der Waals surface area contributed by atoms with Gasteiger partial charge in [-0.1, -0.05) is 23.7 Å². The normalized spacial score (nSPS) is 31.7. The highest BCUT2D eigenvalue weighted by Gasteiger charge is 2.44. The lowest BCUT2D eigenvalue weighted by Gasteiger charge is -2.47. The number of anilines is 1. The number of hydrogen-bond acceptors (Lipinski definition) is 7. The number of amides is 3. The second-order valence-electron chi connectivity index (χ2n) is 13.6. The SMILES string of the molecule is CO[C@H]1C2=CC[C@@H]2CS(=O)(NC(=O)N[C@H]2C[C@H]2CO)=NC(=O)c2ccc3c(c2)N(Cc2ccc(Cl)cc2CCCCO3)C[C@@H]2CC[C@H]21. The van der Waals surface area contributed by atoms with Crippen LogP contribution in [0.25, 0.3) is 0 Å². The molecule has 12 heteroatoms. The molecule has 2 bridgehead atoms. The summed E-state index contributed by atoms with van der Waals surface area (Å²) in [5, 5.41) is 12.9. The fraction of sp³-hybridized carbons (Fsp3) is 0.543. The standard InChI is InChI=1S/C35H43ClN4O6S/c1-45-33-28-10-6-24(28)18-40-17-23-5-9-27(36)14-21(23)4-2-3-13-46-32-12-8-22(16-31(32)40)34(42)38-47(44,20-25-7-11-29(25)33)39-35(43)37-30-15-26(30)19-41/h5,8-9,11-12,14,16,24-26,28,30,33,41H,2-4,6-7,10,13,15,17-20H2,1H3,(H2,37,38,39,42,43,44)/t24-,25+,26-,28+,30-,33+,47?/m0/s1. The first-order valence-electron chi connectivity index (χ1n) is 16.7. The number of aliphatic hydroxyl groups is 1. The molecule has 10 nitrogen and oxygen atoms in total. The number of benzene rings is 2. The molecule has 7 atom stereocenters. The number of hydrogen-bond donors (Lipinski definition) is 3. The number of methoxy groups -OCH3 is 1. The monoisotopic (exact) mass is 682 g/mol. The summed E-state index contributed by atoms with van der Waals surface area (Å²) in [6.07, 6.45) is 8.10. The zero-order valence-corrected chi connectivity index (χ0v) is 28.2. The Balaban J connectivity index is 1.30. The number of urea groups is 1. The van der Waals surface area contributed by atoms with Gasteiger partial charge in [0.25, 0.3) is 5.91 Å². The molecule has 5 aliphatic rings. The average Bonchev–Trinajstić information content (AvgIpc) is 3.78. The molecule has 2 heterocycles. The first kappa shape index (κ1) is 32.4. The first-order chi connectivity index (χ1) is 22.7. The van der Waals surface area contributed by atoms with Crippen molar-refractivity contribution in [2.75, 3.05) is 37.5 Å². The van der Waals surface area contributed by atoms with Crippen molar-refractivity contribution in [2.45, 2.75) is 63.6 Å². The molecule has 47 heavy (non-hydrogen) atoms. The minimum absolute atomic E-state index is 0.0167. The Morgan fingerprint density at radius 3 is 2.79 bits per heavy atom. The van der Waals surface area contributed by atoms with Gasteiger partial charge in [0.1, 0.15) is 15.7 Å². The molecule has 252 valence electrons. The van der Waals surface area contributed by atoms with Gasteiger partial charge in [0.05, 0.1) is 24.2 Å². The maximum Gasteiger partial charge on any atom is 0.327 e. The van der Waals surface area contributed by atoms with Gasteiger partial charge in [-0.2, -0.15) is 0 Å². The van der Waals surface area contributed by atoms with E-state index in [1.807, 2.05) is 12.1 Å². The minimum atomic E-state index is -3.53. The summed E-state index contributed by atoms with van der Waals surface area (Å²) in [4.78, 5) is 29.2. The van der Waals surface area contributed by atoms with Gasteiger partial charge in [0.2, 0.25) is 0 Å². The number of nitrogens with one attached hydrogen (secondary N) is 2. The lowest BCUT2D eigenvalue weighted by atomic mass is 9.65. The number of ether oxygens (including phenoxy) is 2. The first-order valence-corrected chi connectivity index (χ1v) is 18.8.